The molecule has 2 aromatic carbocycles. The molecule has 2 aromatic rings. The third-order valence-corrected chi connectivity index (χ3v) is 4.96. The van der Waals surface area contributed by atoms with E-state index in [0.717, 1.165) is 23.5 Å². The Balaban J connectivity index is 1.66. The second-order valence-electron chi connectivity index (χ2n) is 8.33. The van der Waals surface area contributed by atoms with Gasteiger partial charge in [-0.05, 0) is 47.6 Å². The van der Waals surface area contributed by atoms with Gasteiger partial charge in [0, 0.05) is 18.3 Å². The Kier molecular flexibility index (Phi) is 5.85. The molecule has 0 saturated heterocycles. The Hall–Kier alpha value is -2.33. The van der Waals surface area contributed by atoms with E-state index in [1.807, 2.05) is 30.3 Å². The fourth-order valence-electron chi connectivity index (χ4n) is 3.34. The van der Waals surface area contributed by atoms with Gasteiger partial charge in [-0.25, -0.2) is 0 Å². The SMILES string of the molecule is COc1ccc(CN(CC(=O)Nc2ccccc2C(C)(C)C)C2CC2)cc1. The van der Waals surface area contributed by atoms with Crippen molar-refractivity contribution in [2.75, 3.05) is 19.0 Å². The fraction of sp³-hybridized carbons (Fsp3) is 0.435. The van der Waals surface area contributed by atoms with Crippen LogP contribution < -0.4 is 10.1 Å². The molecule has 27 heavy (non-hydrogen) atoms. The second-order valence-corrected chi connectivity index (χ2v) is 8.33. The maximum absolute atomic E-state index is 12.8. The highest BCUT2D eigenvalue weighted by Crippen LogP contribution is 2.30. The van der Waals surface area contributed by atoms with E-state index in [1.165, 1.54) is 18.4 Å². The van der Waals surface area contributed by atoms with Crippen LogP contribution >= 0.6 is 0 Å². The van der Waals surface area contributed by atoms with Crippen LogP contribution in [0, 0.1) is 0 Å². The second kappa shape index (κ2) is 8.13. The van der Waals surface area contributed by atoms with Gasteiger partial charge in [0.1, 0.15) is 5.75 Å². The molecule has 1 fully saturated rings. The largest absolute Gasteiger partial charge is 0.497 e. The van der Waals surface area contributed by atoms with Gasteiger partial charge in [-0.1, -0.05) is 51.1 Å². The Morgan fingerprint density at radius 3 is 2.37 bits per heavy atom. The molecule has 0 aliphatic heterocycles. The van der Waals surface area contributed by atoms with Crippen LogP contribution in [0.4, 0.5) is 5.69 Å². The summed E-state index contributed by atoms with van der Waals surface area (Å²) < 4.78 is 5.23. The number of ether oxygens (including phenoxy) is 1. The van der Waals surface area contributed by atoms with Gasteiger partial charge in [-0.15, -0.1) is 0 Å². The summed E-state index contributed by atoms with van der Waals surface area (Å²) in [7, 11) is 1.67. The fourth-order valence-corrected chi connectivity index (χ4v) is 3.34. The lowest BCUT2D eigenvalue weighted by Crippen LogP contribution is -2.35. The van der Waals surface area contributed by atoms with Crippen molar-refractivity contribution in [2.24, 2.45) is 0 Å². The molecule has 4 heteroatoms. The molecule has 0 unspecified atom stereocenters. The Morgan fingerprint density at radius 2 is 1.78 bits per heavy atom. The van der Waals surface area contributed by atoms with Crippen LogP contribution in [0.2, 0.25) is 0 Å². The Morgan fingerprint density at radius 1 is 1.11 bits per heavy atom. The molecule has 1 amide bonds. The number of hydrogen-bond acceptors (Lipinski definition) is 3. The summed E-state index contributed by atoms with van der Waals surface area (Å²) in [5.74, 6) is 0.903. The van der Waals surface area contributed by atoms with E-state index in [4.69, 9.17) is 4.74 Å². The van der Waals surface area contributed by atoms with E-state index < -0.39 is 0 Å². The maximum atomic E-state index is 12.8. The summed E-state index contributed by atoms with van der Waals surface area (Å²) in [4.78, 5) is 15.0. The number of para-hydroxylation sites is 1. The molecule has 3 rings (SSSR count). The first kappa shape index (κ1) is 19.4. The van der Waals surface area contributed by atoms with Gasteiger partial charge < -0.3 is 10.1 Å². The Bertz CT molecular complexity index is 774. The molecule has 0 aromatic heterocycles. The van der Waals surface area contributed by atoms with Gasteiger partial charge in [0.25, 0.3) is 0 Å². The predicted octanol–water partition coefficient (Wildman–Crippen LogP) is 4.60. The van der Waals surface area contributed by atoms with Gasteiger partial charge in [0.15, 0.2) is 0 Å². The number of rotatable bonds is 7. The van der Waals surface area contributed by atoms with Crippen LogP contribution in [0.3, 0.4) is 0 Å². The molecule has 0 atom stereocenters. The zero-order valence-electron chi connectivity index (χ0n) is 16.8. The van der Waals surface area contributed by atoms with Gasteiger partial charge >= 0.3 is 0 Å². The molecule has 4 nitrogen and oxygen atoms in total. The standard InChI is InChI=1S/C23H30N2O2/c1-23(2,3)20-7-5-6-8-21(20)24-22(26)16-25(18-11-12-18)15-17-9-13-19(27-4)14-10-17/h5-10,13-14,18H,11-12,15-16H2,1-4H3,(H,24,26). The van der Waals surface area contributed by atoms with E-state index in [-0.39, 0.29) is 11.3 Å². The molecule has 1 aliphatic carbocycles. The normalized spacial score (nSPS) is 14.3. The van der Waals surface area contributed by atoms with Crippen molar-refractivity contribution in [3.8, 4) is 5.75 Å². The van der Waals surface area contributed by atoms with Crippen molar-refractivity contribution < 1.29 is 9.53 Å². The zero-order chi connectivity index (χ0) is 19.4. The van der Waals surface area contributed by atoms with Gasteiger partial charge in [0.05, 0.1) is 13.7 Å². The molecule has 1 saturated carbocycles. The molecule has 1 aliphatic rings. The first-order valence-corrected chi connectivity index (χ1v) is 9.63. The van der Waals surface area contributed by atoms with E-state index in [9.17, 15) is 4.79 Å². The van der Waals surface area contributed by atoms with Gasteiger partial charge in [0.2, 0.25) is 5.91 Å². The van der Waals surface area contributed by atoms with Crippen molar-refractivity contribution >= 4 is 11.6 Å². The lowest BCUT2D eigenvalue weighted by Gasteiger charge is -2.25. The molecular weight excluding hydrogens is 336 g/mol. The number of nitrogens with zero attached hydrogens (tertiary/aromatic N) is 1. The van der Waals surface area contributed by atoms with Crippen LogP contribution in [-0.2, 0) is 16.8 Å². The molecule has 0 spiro atoms. The quantitative estimate of drug-likeness (QED) is 0.779. The molecule has 0 heterocycles. The summed E-state index contributed by atoms with van der Waals surface area (Å²) in [6.07, 6.45) is 2.34. The van der Waals surface area contributed by atoms with E-state index in [1.54, 1.807) is 7.11 Å². The minimum Gasteiger partial charge on any atom is -0.497 e. The first-order valence-electron chi connectivity index (χ1n) is 9.63. The summed E-state index contributed by atoms with van der Waals surface area (Å²) in [5.41, 5.74) is 3.26. The van der Waals surface area contributed by atoms with Crippen LogP contribution in [0.15, 0.2) is 48.5 Å². The van der Waals surface area contributed by atoms with E-state index in [2.05, 4.69) is 49.2 Å². The van der Waals surface area contributed by atoms with Crippen molar-refractivity contribution in [3.05, 3.63) is 59.7 Å². The highest BCUT2D eigenvalue weighted by atomic mass is 16.5. The maximum Gasteiger partial charge on any atom is 0.238 e. The van der Waals surface area contributed by atoms with Crippen molar-refractivity contribution in [1.82, 2.24) is 4.90 Å². The van der Waals surface area contributed by atoms with Crippen LogP contribution in [0.5, 0.6) is 5.75 Å². The molecular formula is C23H30N2O2. The lowest BCUT2D eigenvalue weighted by molar-refractivity contribution is -0.117. The number of benzene rings is 2. The minimum atomic E-state index is -0.0108. The molecule has 0 bridgehead atoms. The van der Waals surface area contributed by atoms with Crippen LogP contribution in [0.1, 0.15) is 44.7 Å². The number of carbonyl (C=O) groups excluding carboxylic acids is 1. The lowest BCUT2D eigenvalue weighted by atomic mass is 9.86. The first-order chi connectivity index (χ1) is 12.9. The van der Waals surface area contributed by atoms with Gasteiger partial charge in [-0.3, -0.25) is 9.69 Å². The number of amides is 1. The average Bonchev–Trinajstić information content (AvgIpc) is 3.46. The number of methoxy groups -OCH3 is 1. The summed E-state index contributed by atoms with van der Waals surface area (Å²) >= 11 is 0. The summed E-state index contributed by atoms with van der Waals surface area (Å²) in [6, 6.07) is 16.7. The molecule has 1 N–H and O–H groups in total. The molecule has 144 valence electrons. The van der Waals surface area contributed by atoms with Crippen LogP contribution in [-0.4, -0.2) is 30.5 Å². The van der Waals surface area contributed by atoms with E-state index >= 15 is 0 Å². The third kappa shape index (κ3) is 5.33. The smallest absolute Gasteiger partial charge is 0.238 e. The predicted molar refractivity (Wildman–Crippen MR) is 110 cm³/mol. The topological polar surface area (TPSA) is 41.6 Å². The minimum absolute atomic E-state index is 0.0108. The van der Waals surface area contributed by atoms with E-state index in [0.29, 0.717) is 12.6 Å². The highest BCUT2D eigenvalue weighted by molar-refractivity contribution is 5.93. The number of hydrogen-bond donors (Lipinski definition) is 1. The molecule has 0 radical (unpaired) electrons. The monoisotopic (exact) mass is 366 g/mol. The highest BCUT2D eigenvalue weighted by Gasteiger charge is 2.30. The van der Waals surface area contributed by atoms with Gasteiger partial charge in [-0.2, -0.15) is 0 Å². The van der Waals surface area contributed by atoms with Crippen molar-refractivity contribution in [2.45, 2.75) is 51.6 Å². The zero-order valence-corrected chi connectivity index (χ0v) is 16.8. The van der Waals surface area contributed by atoms with Crippen LogP contribution in [0.25, 0.3) is 0 Å². The number of nitrogens with one attached hydrogen (secondary N) is 1. The van der Waals surface area contributed by atoms with Crippen molar-refractivity contribution in [3.63, 3.8) is 0 Å². The summed E-state index contributed by atoms with van der Waals surface area (Å²) in [5, 5.41) is 3.13. The Labute approximate surface area is 162 Å². The van der Waals surface area contributed by atoms with Crippen molar-refractivity contribution in [1.29, 1.82) is 0 Å². The summed E-state index contributed by atoms with van der Waals surface area (Å²) in [6.45, 7) is 7.69. The number of anilines is 1. The third-order valence-electron chi connectivity index (χ3n) is 4.96. The number of carbonyl (C=O) groups is 1. The average molecular weight is 367 g/mol.